The summed E-state index contributed by atoms with van der Waals surface area (Å²) >= 11 is 0. The molecule has 0 aromatic carbocycles. The van der Waals surface area contributed by atoms with Gasteiger partial charge in [-0.15, -0.1) is 0 Å². The fraction of sp³-hybridized carbons (Fsp3) is 0.889. The van der Waals surface area contributed by atoms with Crippen LogP contribution in [0.25, 0.3) is 0 Å². The highest BCUT2D eigenvalue weighted by Crippen LogP contribution is 2.28. The van der Waals surface area contributed by atoms with Crippen LogP contribution in [-0.4, -0.2) is 88.7 Å². The molecule has 1 saturated carbocycles. The van der Waals surface area contributed by atoms with Gasteiger partial charge in [0, 0.05) is 30.7 Å². The number of carbonyl (C=O) groups is 2. The molecule has 3 aliphatic rings. The number of carboxylic acids is 1. The van der Waals surface area contributed by atoms with Crippen molar-refractivity contribution in [3.63, 3.8) is 0 Å². The third-order valence-corrected chi connectivity index (χ3v) is 6.29. The molecule has 142 valence electrons. The molecule has 1 aliphatic carbocycles. The highest BCUT2D eigenvalue weighted by Gasteiger charge is 2.40. The van der Waals surface area contributed by atoms with E-state index < -0.39 is 5.97 Å². The van der Waals surface area contributed by atoms with Gasteiger partial charge in [-0.2, -0.15) is 0 Å². The van der Waals surface area contributed by atoms with Crippen molar-refractivity contribution in [2.75, 3.05) is 32.7 Å². The van der Waals surface area contributed by atoms with Gasteiger partial charge in [-0.05, 0) is 58.7 Å². The molecule has 2 saturated heterocycles. The second kappa shape index (κ2) is 7.91. The van der Waals surface area contributed by atoms with Gasteiger partial charge in [-0.1, -0.05) is 6.92 Å². The number of carbonyl (C=O) groups excluding carboxylic acids is 1. The fourth-order valence-corrected chi connectivity index (χ4v) is 4.71. The summed E-state index contributed by atoms with van der Waals surface area (Å²) in [6.07, 6.45) is 5.34. The summed E-state index contributed by atoms with van der Waals surface area (Å²) in [7, 11) is 0. The van der Waals surface area contributed by atoms with Crippen LogP contribution in [0.3, 0.4) is 0 Å². The number of urea groups is 1. The number of likely N-dealkylation sites (N-methyl/N-ethyl adjacent to an activating group) is 1. The quantitative estimate of drug-likeness (QED) is 0.751. The molecule has 0 spiro atoms. The summed E-state index contributed by atoms with van der Waals surface area (Å²) in [5.41, 5.74) is 0. The van der Waals surface area contributed by atoms with Gasteiger partial charge in [0.25, 0.3) is 0 Å². The standard InChI is InChI=1S/C18H32N4O3/c1-3-20(12-17(23)24)15-10-14(11-15)19-18(25)22-9-6-16(13(22)2)21-7-4-5-8-21/h13-16H,3-12H2,1-2H3,(H,19,25)(H,23,24). The number of nitrogens with zero attached hydrogens (tertiary/aromatic N) is 3. The van der Waals surface area contributed by atoms with Crippen LogP contribution in [0.4, 0.5) is 4.79 Å². The number of aliphatic carboxylic acids is 1. The lowest BCUT2D eigenvalue weighted by atomic mass is 9.85. The molecule has 2 amide bonds. The first kappa shape index (κ1) is 18.5. The topological polar surface area (TPSA) is 76.1 Å². The monoisotopic (exact) mass is 352 g/mol. The Morgan fingerprint density at radius 2 is 1.88 bits per heavy atom. The number of hydrogen-bond donors (Lipinski definition) is 2. The maximum atomic E-state index is 12.6. The van der Waals surface area contributed by atoms with Gasteiger partial charge in [0.2, 0.25) is 0 Å². The minimum absolute atomic E-state index is 0.0546. The van der Waals surface area contributed by atoms with Crippen molar-refractivity contribution in [1.29, 1.82) is 0 Å². The SMILES string of the molecule is CCN(CC(=O)O)C1CC(NC(=O)N2CCC(N3CCCC3)C2C)C1. The van der Waals surface area contributed by atoms with Crippen LogP contribution in [0.5, 0.6) is 0 Å². The van der Waals surface area contributed by atoms with Gasteiger partial charge in [0.05, 0.1) is 6.54 Å². The second-order valence-corrected chi connectivity index (χ2v) is 7.76. The molecule has 3 rings (SSSR count). The van der Waals surface area contributed by atoms with E-state index in [1.165, 1.54) is 25.9 Å². The lowest BCUT2D eigenvalue weighted by molar-refractivity contribution is -0.139. The Bertz CT molecular complexity index is 489. The van der Waals surface area contributed by atoms with Crippen LogP contribution < -0.4 is 5.32 Å². The van der Waals surface area contributed by atoms with Gasteiger partial charge >= 0.3 is 12.0 Å². The molecule has 2 aliphatic heterocycles. The van der Waals surface area contributed by atoms with Crippen molar-refractivity contribution in [2.24, 2.45) is 0 Å². The van der Waals surface area contributed by atoms with Crippen molar-refractivity contribution in [3.8, 4) is 0 Å². The number of carboxylic acid groups (broad SMARTS) is 1. The Hall–Kier alpha value is -1.34. The van der Waals surface area contributed by atoms with Gasteiger partial charge in [-0.25, -0.2) is 4.79 Å². The molecule has 7 nitrogen and oxygen atoms in total. The largest absolute Gasteiger partial charge is 0.480 e. The fourth-order valence-electron chi connectivity index (χ4n) is 4.71. The first-order valence-corrected chi connectivity index (χ1v) is 9.76. The van der Waals surface area contributed by atoms with Crippen LogP contribution in [0.2, 0.25) is 0 Å². The van der Waals surface area contributed by atoms with E-state index in [2.05, 4.69) is 17.1 Å². The maximum absolute atomic E-state index is 12.6. The van der Waals surface area contributed by atoms with Crippen molar-refractivity contribution in [3.05, 3.63) is 0 Å². The van der Waals surface area contributed by atoms with Gasteiger partial charge in [-0.3, -0.25) is 14.6 Å². The molecule has 0 bridgehead atoms. The van der Waals surface area contributed by atoms with Crippen LogP contribution in [0.1, 0.15) is 46.0 Å². The minimum atomic E-state index is -0.784. The number of nitrogens with one attached hydrogen (secondary N) is 1. The Kier molecular flexibility index (Phi) is 5.84. The molecule has 2 heterocycles. The normalized spacial score (nSPS) is 32.8. The molecule has 7 heteroatoms. The first-order chi connectivity index (χ1) is 12.0. The van der Waals surface area contributed by atoms with E-state index in [9.17, 15) is 9.59 Å². The average Bonchev–Trinajstić information content (AvgIpc) is 3.17. The van der Waals surface area contributed by atoms with E-state index >= 15 is 0 Å². The maximum Gasteiger partial charge on any atom is 0.317 e. The third-order valence-electron chi connectivity index (χ3n) is 6.29. The molecular weight excluding hydrogens is 320 g/mol. The average molecular weight is 352 g/mol. The summed E-state index contributed by atoms with van der Waals surface area (Å²) in [5, 5.41) is 12.1. The van der Waals surface area contributed by atoms with Crippen molar-refractivity contribution in [1.82, 2.24) is 20.0 Å². The van der Waals surface area contributed by atoms with Crippen LogP contribution in [0.15, 0.2) is 0 Å². The van der Waals surface area contributed by atoms with E-state index in [0.717, 1.165) is 32.4 Å². The number of likely N-dealkylation sites (tertiary alicyclic amines) is 2. The van der Waals surface area contributed by atoms with Gasteiger partial charge in [0.15, 0.2) is 0 Å². The van der Waals surface area contributed by atoms with E-state index in [-0.39, 0.29) is 30.7 Å². The smallest absolute Gasteiger partial charge is 0.317 e. The molecule has 2 atom stereocenters. The lowest BCUT2D eigenvalue weighted by Crippen LogP contribution is -2.57. The van der Waals surface area contributed by atoms with Gasteiger partial charge < -0.3 is 15.3 Å². The second-order valence-electron chi connectivity index (χ2n) is 7.76. The Morgan fingerprint density at radius 1 is 1.20 bits per heavy atom. The molecule has 3 fully saturated rings. The number of amides is 2. The Morgan fingerprint density at radius 3 is 2.48 bits per heavy atom. The summed E-state index contributed by atoms with van der Waals surface area (Å²) < 4.78 is 0. The molecule has 0 aromatic heterocycles. The summed E-state index contributed by atoms with van der Waals surface area (Å²) in [6.45, 7) is 8.16. The van der Waals surface area contributed by atoms with E-state index in [1.807, 2.05) is 16.7 Å². The van der Waals surface area contributed by atoms with Crippen LogP contribution in [-0.2, 0) is 4.79 Å². The molecule has 0 radical (unpaired) electrons. The van der Waals surface area contributed by atoms with Crippen molar-refractivity contribution in [2.45, 2.75) is 70.1 Å². The molecular formula is C18H32N4O3. The van der Waals surface area contributed by atoms with E-state index in [1.54, 1.807) is 0 Å². The zero-order valence-electron chi connectivity index (χ0n) is 15.5. The Labute approximate surface area is 150 Å². The lowest BCUT2D eigenvalue weighted by Gasteiger charge is -2.43. The predicted octanol–water partition coefficient (Wildman–Crippen LogP) is 1.19. The summed E-state index contributed by atoms with van der Waals surface area (Å²) in [4.78, 5) is 30.0. The van der Waals surface area contributed by atoms with Gasteiger partial charge in [0.1, 0.15) is 0 Å². The number of hydrogen-bond acceptors (Lipinski definition) is 4. The zero-order valence-corrected chi connectivity index (χ0v) is 15.5. The zero-order chi connectivity index (χ0) is 18.0. The summed E-state index contributed by atoms with van der Waals surface area (Å²) in [6, 6.07) is 1.29. The van der Waals surface area contributed by atoms with Crippen LogP contribution >= 0.6 is 0 Å². The van der Waals surface area contributed by atoms with E-state index in [0.29, 0.717) is 6.04 Å². The van der Waals surface area contributed by atoms with Crippen LogP contribution in [0, 0.1) is 0 Å². The molecule has 25 heavy (non-hydrogen) atoms. The highest BCUT2D eigenvalue weighted by molar-refractivity contribution is 5.75. The van der Waals surface area contributed by atoms with E-state index in [4.69, 9.17) is 5.11 Å². The predicted molar refractivity (Wildman–Crippen MR) is 95.6 cm³/mol. The van der Waals surface area contributed by atoms with Crippen molar-refractivity contribution < 1.29 is 14.7 Å². The molecule has 0 aromatic rings. The number of rotatable bonds is 6. The third kappa shape index (κ3) is 4.08. The highest BCUT2D eigenvalue weighted by atomic mass is 16.4. The minimum Gasteiger partial charge on any atom is -0.480 e. The Balaban J connectivity index is 1.44. The molecule has 2 N–H and O–H groups in total. The first-order valence-electron chi connectivity index (χ1n) is 9.76. The molecule has 2 unspecified atom stereocenters. The summed E-state index contributed by atoms with van der Waals surface area (Å²) in [5.74, 6) is -0.784. The van der Waals surface area contributed by atoms with Crippen molar-refractivity contribution >= 4 is 12.0 Å².